The summed E-state index contributed by atoms with van der Waals surface area (Å²) in [7, 11) is 0. The highest BCUT2D eigenvalue weighted by Crippen LogP contribution is 2.28. The Kier molecular flexibility index (Phi) is 1.90. The summed E-state index contributed by atoms with van der Waals surface area (Å²) in [5, 5.41) is 3.91. The van der Waals surface area contributed by atoms with Gasteiger partial charge in [-0.25, -0.2) is 4.98 Å². The lowest BCUT2D eigenvalue weighted by molar-refractivity contribution is 1.17. The van der Waals surface area contributed by atoms with Gasteiger partial charge in [0.15, 0.2) is 0 Å². The molecule has 0 aliphatic heterocycles. The molecule has 0 fully saturated rings. The molecule has 2 aromatic heterocycles. The van der Waals surface area contributed by atoms with E-state index in [-0.39, 0.29) is 0 Å². The Hall–Kier alpha value is -0.0700. The van der Waals surface area contributed by atoms with Crippen LogP contribution < -0.4 is 0 Å². The standard InChI is InChI=1S/C5HBr2N3S/c6-2-1-8-5(7)3-4(2)11-10-9-3/h1H. The number of aromatic nitrogens is 3. The zero-order valence-electron chi connectivity index (χ0n) is 5.08. The molecule has 11 heavy (non-hydrogen) atoms. The van der Waals surface area contributed by atoms with Crippen molar-refractivity contribution in [2.24, 2.45) is 0 Å². The van der Waals surface area contributed by atoms with Crippen LogP contribution in [0.3, 0.4) is 0 Å². The molecule has 0 radical (unpaired) electrons. The molecule has 0 N–H and O–H groups in total. The summed E-state index contributed by atoms with van der Waals surface area (Å²) in [6.07, 6.45) is 1.73. The molecule has 2 heterocycles. The van der Waals surface area contributed by atoms with Crippen molar-refractivity contribution in [2.45, 2.75) is 0 Å². The summed E-state index contributed by atoms with van der Waals surface area (Å²) in [6.45, 7) is 0. The molecule has 0 atom stereocenters. The average Bonchev–Trinajstić information content (AvgIpc) is 2.45. The number of rotatable bonds is 0. The van der Waals surface area contributed by atoms with Crippen LogP contribution >= 0.6 is 43.4 Å². The highest BCUT2D eigenvalue weighted by Gasteiger charge is 2.06. The number of nitrogens with zero attached hydrogens (tertiary/aromatic N) is 3. The van der Waals surface area contributed by atoms with Gasteiger partial charge in [-0.3, -0.25) is 0 Å². The third-order valence-corrected chi connectivity index (χ3v) is 3.39. The van der Waals surface area contributed by atoms with Crippen LogP contribution in [0.2, 0.25) is 0 Å². The molecule has 3 nitrogen and oxygen atoms in total. The summed E-state index contributed by atoms with van der Waals surface area (Å²) in [5.74, 6) is 0. The van der Waals surface area contributed by atoms with E-state index in [1.807, 2.05) is 0 Å². The van der Waals surface area contributed by atoms with E-state index >= 15 is 0 Å². The van der Waals surface area contributed by atoms with Crippen LogP contribution in [0.25, 0.3) is 10.2 Å². The first kappa shape index (κ1) is 7.57. The van der Waals surface area contributed by atoms with E-state index in [0.717, 1.165) is 19.3 Å². The normalized spacial score (nSPS) is 10.7. The van der Waals surface area contributed by atoms with Crippen molar-refractivity contribution in [1.82, 2.24) is 14.6 Å². The second-order valence-corrected chi connectivity index (χ2v) is 4.21. The zero-order chi connectivity index (χ0) is 7.84. The summed E-state index contributed by atoms with van der Waals surface area (Å²) >= 11 is 7.99. The van der Waals surface area contributed by atoms with E-state index in [1.54, 1.807) is 6.20 Å². The van der Waals surface area contributed by atoms with Gasteiger partial charge in [0.1, 0.15) is 10.1 Å². The van der Waals surface area contributed by atoms with Gasteiger partial charge in [-0.1, -0.05) is 4.49 Å². The number of halogens is 2. The van der Waals surface area contributed by atoms with Gasteiger partial charge < -0.3 is 0 Å². The third-order valence-electron chi connectivity index (χ3n) is 1.19. The van der Waals surface area contributed by atoms with Crippen LogP contribution in [0.5, 0.6) is 0 Å². The molecule has 0 aromatic carbocycles. The van der Waals surface area contributed by atoms with Crippen LogP contribution in [0.15, 0.2) is 15.3 Å². The van der Waals surface area contributed by atoms with Crippen molar-refractivity contribution in [1.29, 1.82) is 0 Å². The number of hydrogen-bond acceptors (Lipinski definition) is 4. The van der Waals surface area contributed by atoms with Gasteiger partial charge >= 0.3 is 0 Å². The monoisotopic (exact) mass is 293 g/mol. The van der Waals surface area contributed by atoms with Gasteiger partial charge in [0.2, 0.25) is 0 Å². The molecule has 6 heteroatoms. The molecule has 56 valence electrons. The molecule has 2 rings (SSSR count). The van der Waals surface area contributed by atoms with E-state index in [9.17, 15) is 0 Å². The first-order chi connectivity index (χ1) is 5.29. The predicted molar refractivity (Wildman–Crippen MR) is 50.6 cm³/mol. The second kappa shape index (κ2) is 2.76. The van der Waals surface area contributed by atoms with E-state index in [2.05, 4.69) is 46.4 Å². The Morgan fingerprint density at radius 3 is 2.91 bits per heavy atom. The zero-order valence-corrected chi connectivity index (χ0v) is 9.07. The van der Waals surface area contributed by atoms with Gasteiger partial charge in [0.05, 0.1) is 9.17 Å². The van der Waals surface area contributed by atoms with Gasteiger partial charge in [-0.05, 0) is 43.4 Å². The van der Waals surface area contributed by atoms with Gasteiger partial charge in [0, 0.05) is 6.20 Å². The molecule has 0 unspecified atom stereocenters. The summed E-state index contributed by atoms with van der Waals surface area (Å²) < 4.78 is 6.51. The topological polar surface area (TPSA) is 38.7 Å². The van der Waals surface area contributed by atoms with Gasteiger partial charge in [-0.15, -0.1) is 5.10 Å². The van der Waals surface area contributed by atoms with Crippen LogP contribution in [0.4, 0.5) is 0 Å². The number of hydrogen-bond donors (Lipinski definition) is 0. The predicted octanol–water partition coefficient (Wildman–Crippen LogP) is 2.61. The largest absolute Gasteiger partial charge is 0.246 e. The van der Waals surface area contributed by atoms with Crippen molar-refractivity contribution in [3.63, 3.8) is 0 Å². The van der Waals surface area contributed by atoms with E-state index < -0.39 is 0 Å². The minimum atomic E-state index is 0.740. The maximum absolute atomic E-state index is 4.05. The fraction of sp³-hybridized carbons (Fsp3) is 0. The molecule has 0 aliphatic rings. The quantitative estimate of drug-likeness (QED) is 0.701. The highest BCUT2D eigenvalue weighted by atomic mass is 79.9. The fourth-order valence-electron chi connectivity index (χ4n) is 0.715. The van der Waals surface area contributed by atoms with Crippen molar-refractivity contribution >= 4 is 53.6 Å². The second-order valence-electron chi connectivity index (χ2n) is 1.85. The first-order valence-electron chi connectivity index (χ1n) is 2.71. The first-order valence-corrected chi connectivity index (χ1v) is 5.07. The number of fused-ring (bicyclic) bond motifs is 1. The van der Waals surface area contributed by atoms with Crippen molar-refractivity contribution in [3.8, 4) is 0 Å². The molecule has 0 spiro atoms. The molecule has 2 aromatic rings. The summed E-state index contributed by atoms with van der Waals surface area (Å²) in [6, 6.07) is 0. The maximum Gasteiger partial charge on any atom is 0.139 e. The average molecular weight is 295 g/mol. The fourth-order valence-corrected chi connectivity index (χ4v) is 2.30. The Bertz CT molecular complexity index is 364. The lowest BCUT2D eigenvalue weighted by Crippen LogP contribution is -1.77. The Labute approximate surface area is 83.3 Å². The molecule has 0 aliphatic carbocycles. The van der Waals surface area contributed by atoms with Crippen LogP contribution in [0.1, 0.15) is 0 Å². The Balaban J connectivity index is 2.96. The minimum absolute atomic E-state index is 0.740. The lowest BCUT2D eigenvalue weighted by atomic mass is 10.5. The van der Waals surface area contributed by atoms with E-state index in [1.165, 1.54) is 11.5 Å². The number of pyridine rings is 1. The molecule has 0 saturated carbocycles. The van der Waals surface area contributed by atoms with E-state index in [0.29, 0.717) is 0 Å². The molecule has 0 saturated heterocycles. The van der Waals surface area contributed by atoms with Gasteiger partial charge in [0.25, 0.3) is 0 Å². The minimum Gasteiger partial charge on any atom is -0.246 e. The molecular formula is C5HBr2N3S. The van der Waals surface area contributed by atoms with Crippen LogP contribution in [-0.2, 0) is 0 Å². The molecule has 0 bridgehead atoms. The maximum atomic E-state index is 4.05. The SMILES string of the molecule is Brc1ncc(Br)c2snnc12. The Morgan fingerprint density at radius 1 is 1.36 bits per heavy atom. The van der Waals surface area contributed by atoms with Crippen LogP contribution in [0, 0.1) is 0 Å². The van der Waals surface area contributed by atoms with Crippen LogP contribution in [-0.4, -0.2) is 14.6 Å². The summed E-state index contributed by atoms with van der Waals surface area (Å²) in [5.41, 5.74) is 0.810. The summed E-state index contributed by atoms with van der Waals surface area (Å²) in [4.78, 5) is 4.05. The van der Waals surface area contributed by atoms with Crippen molar-refractivity contribution < 1.29 is 0 Å². The molecular weight excluding hydrogens is 294 g/mol. The third kappa shape index (κ3) is 1.19. The lowest BCUT2D eigenvalue weighted by Gasteiger charge is -1.91. The van der Waals surface area contributed by atoms with Gasteiger partial charge in [-0.2, -0.15) is 0 Å². The smallest absolute Gasteiger partial charge is 0.139 e. The van der Waals surface area contributed by atoms with Crippen molar-refractivity contribution in [3.05, 3.63) is 15.3 Å². The van der Waals surface area contributed by atoms with Crippen molar-refractivity contribution in [2.75, 3.05) is 0 Å². The molecule has 0 amide bonds. The Morgan fingerprint density at radius 2 is 2.18 bits per heavy atom. The highest BCUT2D eigenvalue weighted by molar-refractivity contribution is 9.11. The van der Waals surface area contributed by atoms with E-state index in [4.69, 9.17) is 0 Å².